The van der Waals surface area contributed by atoms with Crippen LogP contribution in [0, 0.1) is 17.8 Å². The molecule has 4 amide bonds. The fourth-order valence-corrected chi connectivity index (χ4v) is 8.16. The summed E-state index contributed by atoms with van der Waals surface area (Å²) in [7, 11) is 0. The number of nitrogens with zero attached hydrogens (tertiary/aromatic N) is 1. The number of nitrogens with one attached hydrogen (secondary N) is 4. The van der Waals surface area contributed by atoms with E-state index in [4.69, 9.17) is 27.9 Å². The van der Waals surface area contributed by atoms with Gasteiger partial charge in [-0.1, -0.05) is 42.5 Å². The van der Waals surface area contributed by atoms with Gasteiger partial charge in [0.1, 0.15) is 11.7 Å². The second-order valence-corrected chi connectivity index (χ2v) is 13.6. The predicted octanol–water partition coefficient (Wildman–Crippen LogP) is 3.37. The highest BCUT2D eigenvalue weighted by Crippen LogP contribution is 2.43. The van der Waals surface area contributed by atoms with Crippen LogP contribution in [0.15, 0.2) is 18.2 Å². The topological polar surface area (TPSA) is 150 Å². The number of benzene rings is 1. The number of likely N-dealkylation sites (tertiary alicyclic amines) is 1. The van der Waals surface area contributed by atoms with Crippen LogP contribution < -0.4 is 16.0 Å². The van der Waals surface area contributed by atoms with Crippen molar-refractivity contribution in [1.29, 1.82) is 0 Å². The van der Waals surface area contributed by atoms with Crippen molar-refractivity contribution in [3.63, 3.8) is 0 Å². The fourth-order valence-electron chi connectivity index (χ4n) is 7.61. The molecule has 4 fully saturated rings. The molecule has 3 heterocycles. The number of amides is 4. The molecule has 2 aliphatic heterocycles. The molecule has 0 radical (unpaired) electrons. The van der Waals surface area contributed by atoms with Crippen LogP contribution in [0.3, 0.4) is 0 Å². The second-order valence-electron chi connectivity index (χ2n) is 12.8. The highest BCUT2D eigenvalue weighted by molar-refractivity contribution is 6.39. The van der Waals surface area contributed by atoms with Crippen LogP contribution in [0.5, 0.6) is 0 Å². The number of carbonyl (C=O) groups is 5. The number of aromatic amines is 1. The van der Waals surface area contributed by atoms with Gasteiger partial charge in [0.2, 0.25) is 17.6 Å². The van der Waals surface area contributed by atoms with Crippen molar-refractivity contribution in [2.24, 2.45) is 17.8 Å². The maximum atomic E-state index is 14.0. The Labute approximate surface area is 271 Å². The van der Waals surface area contributed by atoms with Crippen molar-refractivity contribution < 1.29 is 28.7 Å². The van der Waals surface area contributed by atoms with Crippen molar-refractivity contribution in [2.45, 2.75) is 76.0 Å². The third kappa shape index (κ3) is 6.85. The summed E-state index contributed by atoms with van der Waals surface area (Å²) in [6.07, 6.45) is 7.53. The average Bonchev–Trinajstić information content (AvgIpc) is 3.83. The van der Waals surface area contributed by atoms with E-state index in [2.05, 4.69) is 20.9 Å². The van der Waals surface area contributed by atoms with Gasteiger partial charge >= 0.3 is 0 Å². The lowest BCUT2D eigenvalue weighted by atomic mass is 9.91. The molecule has 1 aromatic heterocycles. The van der Waals surface area contributed by atoms with E-state index in [1.54, 1.807) is 23.1 Å². The van der Waals surface area contributed by atoms with E-state index in [-0.39, 0.29) is 48.4 Å². The number of H-pyrrole nitrogens is 1. The predicted molar refractivity (Wildman–Crippen MR) is 168 cm³/mol. The maximum absolute atomic E-state index is 14.0. The number of hydrogen-bond donors (Lipinski definition) is 4. The lowest BCUT2D eigenvalue weighted by Crippen LogP contribution is -2.55. The van der Waals surface area contributed by atoms with Crippen molar-refractivity contribution in [1.82, 2.24) is 25.8 Å². The lowest BCUT2D eigenvalue weighted by molar-refractivity contribution is -0.141. The highest BCUT2D eigenvalue weighted by Gasteiger charge is 2.50. The van der Waals surface area contributed by atoms with Gasteiger partial charge in [-0.25, -0.2) is 0 Å². The maximum Gasteiger partial charge on any atom is 0.289 e. The number of carbonyl (C=O) groups excluding carboxylic acids is 5. The summed E-state index contributed by atoms with van der Waals surface area (Å²) in [5, 5.41) is 9.66. The summed E-state index contributed by atoms with van der Waals surface area (Å²) in [6, 6.07) is 2.90. The number of ketones is 1. The molecule has 0 spiro atoms. The Hall–Kier alpha value is -3.15. The summed E-state index contributed by atoms with van der Waals surface area (Å²) in [5.74, 6) is -3.16. The number of ether oxygens (including phenoxy) is 1. The quantitative estimate of drug-likeness (QED) is 0.215. The molecule has 6 rings (SSSR count). The molecule has 2 aliphatic carbocycles. The molecule has 242 valence electrons. The Balaban J connectivity index is 1.18. The van der Waals surface area contributed by atoms with Crippen molar-refractivity contribution >= 4 is 63.5 Å². The standard InChI is InChI=1S/C32H39Cl2N5O6/c33-19-13-23(34)22-15-26(37-24(22)14-19)32(44)39-16-18-4-3-7-21(18)27(39)30(42)38-25(12-17-8-9-35-29(17)41)28(40)31(43)36-10-11-45-20-5-1-2-6-20/h13-15,17-18,20-21,25,27,37H,1-12,16H2,(H,35,41)(H,36,43)(H,38,42). The van der Waals surface area contributed by atoms with Crippen LogP contribution in [-0.4, -0.2) is 83.7 Å². The molecule has 13 heteroatoms. The highest BCUT2D eigenvalue weighted by atomic mass is 35.5. The number of rotatable bonds is 11. The number of halogens is 2. The molecular formula is C32H39Cl2N5O6. The minimum absolute atomic E-state index is 0.00155. The van der Waals surface area contributed by atoms with Gasteiger partial charge in [-0.15, -0.1) is 0 Å². The van der Waals surface area contributed by atoms with Crippen LogP contribution in [0.25, 0.3) is 10.9 Å². The van der Waals surface area contributed by atoms with E-state index in [1.807, 2.05) is 0 Å². The molecule has 4 aliphatic rings. The Morgan fingerprint density at radius 2 is 1.82 bits per heavy atom. The first-order chi connectivity index (χ1) is 21.7. The summed E-state index contributed by atoms with van der Waals surface area (Å²) in [4.78, 5) is 71.4. The third-order valence-corrected chi connectivity index (χ3v) is 10.4. The Kier molecular flexibility index (Phi) is 9.68. The van der Waals surface area contributed by atoms with Gasteiger partial charge in [0, 0.05) is 41.5 Å². The first kappa shape index (κ1) is 31.8. The van der Waals surface area contributed by atoms with E-state index in [0.717, 1.165) is 44.9 Å². The van der Waals surface area contributed by atoms with Gasteiger partial charge in [0.15, 0.2) is 0 Å². The van der Waals surface area contributed by atoms with Crippen LogP contribution in [0.2, 0.25) is 10.0 Å². The van der Waals surface area contributed by atoms with Crippen LogP contribution in [-0.2, 0) is 23.9 Å². The first-order valence-corrected chi connectivity index (χ1v) is 16.8. The SMILES string of the molecule is O=C(NCCOC1CCCC1)C(=O)C(CC1CCNC1=O)NC(=O)C1C2CCCC2CN1C(=O)c1cc2c(Cl)cc(Cl)cc2[nH]1. The summed E-state index contributed by atoms with van der Waals surface area (Å²) >= 11 is 12.5. The van der Waals surface area contributed by atoms with Crippen molar-refractivity contribution in [3.05, 3.63) is 33.9 Å². The molecule has 2 saturated carbocycles. The molecule has 5 atom stereocenters. The molecule has 5 unspecified atom stereocenters. The van der Waals surface area contributed by atoms with Gasteiger partial charge in [-0.05, 0) is 68.6 Å². The zero-order valence-electron chi connectivity index (χ0n) is 25.0. The van der Waals surface area contributed by atoms with Gasteiger partial charge in [0.25, 0.3) is 11.8 Å². The summed E-state index contributed by atoms with van der Waals surface area (Å²) in [6.45, 7) is 1.33. The van der Waals surface area contributed by atoms with E-state index >= 15 is 0 Å². The van der Waals surface area contributed by atoms with Crippen LogP contribution >= 0.6 is 23.2 Å². The number of aromatic nitrogens is 1. The van der Waals surface area contributed by atoms with Gasteiger partial charge in [0.05, 0.1) is 23.8 Å². The largest absolute Gasteiger partial charge is 0.376 e. The van der Waals surface area contributed by atoms with Gasteiger partial charge in [-0.2, -0.15) is 0 Å². The van der Waals surface area contributed by atoms with E-state index in [0.29, 0.717) is 47.1 Å². The smallest absolute Gasteiger partial charge is 0.289 e. The Morgan fingerprint density at radius 3 is 2.58 bits per heavy atom. The monoisotopic (exact) mass is 659 g/mol. The van der Waals surface area contributed by atoms with E-state index in [9.17, 15) is 24.0 Å². The van der Waals surface area contributed by atoms with Crippen molar-refractivity contribution in [3.8, 4) is 0 Å². The van der Waals surface area contributed by atoms with E-state index < -0.39 is 35.6 Å². The number of hydrogen-bond acceptors (Lipinski definition) is 6. The van der Waals surface area contributed by atoms with Gasteiger partial charge < -0.3 is 30.6 Å². The molecule has 2 saturated heterocycles. The Morgan fingerprint density at radius 1 is 1.02 bits per heavy atom. The summed E-state index contributed by atoms with van der Waals surface area (Å²) < 4.78 is 5.79. The molecule has 4 N–H and O–H groups in total. The second kappa shape index (κ2) is 13.7. The minimum Gasteiger partial charge on any atom is -0.376 e. The lowest BCUT2D eigenvalue weighted by Gasteiger charge is -2.29. The zero-order chi connectivity index (χ0) is 31.7. The third-order valence-electron chi connectivity index (χ3n) is 9.89. The molecule has 2 aromatic rings. The minimum atomic E-state index is -1.21. The van der Waals surface area contributed by atoms with E-state index in [1.165, 1.54) is 0 Å². The fraction of sp³-hybridized carbons (Fsp3) is 0.594. The molecule has 45 heavy (non-hydrogen) atoms. The average molecular weight is 661 g/mol. The zero-order valence-corrected chi connectivity index (χ0v) is 26.6. The van der Waals surface area contributed by atoms with Crippen LogP contribution in [0.4, 0.5) is 0 Å². The number of fused-ring (bicyclic) bond motifs is 2. The Bertz CT molecular complexity index is 1490. The number of Topliss-reactive ketones (excluding diaryl/α,β-unsaturated/α-hetero) is 1. The van der Waals surface area contributed by atoms with Crippen LogP contribution in [0.1, 0.15) is 68.3 Å². The van der Waals surface area contributed by atoms with Gasteiger partial charge in [-0.3, -0.25) is 24.0 Å². The first-order valence-electron chi connectivity index (χ1n) is 16.0. The normalized spacial score (nSPS) is 25.4. The summed E-state index contributed by atoms with van der Waals surface area (Å²) in [5.41, 5.74) is 0.887. The molecule has 11 nitrogen and oxygen atoms in total. The molecule has 1 aromatic carbocycles. The molecular weight excluding hydrogens is 621 g/mol. The molecule has 0 bridgehead atoms. The van der Waals surface area contributed by atoms with Crippen molar-refractivity contribution in [2.75, 3.05) is 26.2 Å².